The van der Waals surface area contributed by atoms with Gasteiger partial charge in [-0.1, -0.05) is 0 Å². The monoisotopic (exact) mass is 244 g/mol. The molecule has 0 aromatic carbocycles. The van der Waals surface area contributed by atoms with Gasteiger partial charge in [-0.05, 0) is 0 Å². The molecule has 0 spiro atoms. The summed E-state index contributed by atoms with van der Waals surface area (Å²) in [7, 11) is -0.255. The zero-order chi connectivity index (χ0) is 11.1. The van der Waals surface area contributed by atoms with E-state index in [4.69, 9.17) is 16.2 Å². The second kappa shape index (κ2) is 6.48. The first-order valence-electron chi connectivity index (χ1n) is 3.94. The van der Waals surface area contributed by atoms with Crippen molar-refractivity contribution >= 4 is 31.4 Å². The van der Waals surface area contributed by atoms with Crippen molar-refractivity contribution in [2.45, 2.75) is 5.03 Å². The van der Waals surface area contributed by atoms with Crippen molar-refractivity contribution in [1.82, 2.24) is 9.97 Å². The Balaban J connectivity index is 2.42. The number of hydrogen-bond donors (Lipinski definition) is 2. The summed E-state index contributed by atoms with van der Waals surface area (Å²) in [6.45, 7) is 0.393. The molecule has 80 valence electrons. The number of nitrogens with two attached hydrogens (primary N) is 2. The number of ether oxygens (including phenoxy) is 1. The number of nitrogen functional groups attached to an aromatic ring is 2. The van der Waals surface area contributed by atoms with E-state index in [9.17, 15) is 4.57 Å². The van der Waals surface area contributed by atoms with Gasteiger partial charge in [0.25, 0.3) is 0 Å². The number of aromatic nitrogens is 2. The van der Waals surface area contributed by atoms with E-state index in [0.29, 0.717) is 23.2 Å². The number of rotatable bonds is 4. The van der Waals surface area contributed by atoms with E-state index in [-0.39, 0.29) is 13.9 Å². The summed E-state index contributed by atoms with van der Waals surface area (Å²) >= 11 is 1.42. The van der Waals surface area contributed by atoms with Crippen molar-refractivity contribution in [2.24, 2.45) is 0 Å². The molecule has 0 saturated carbocycles. The van der Waals surface area contributed by atoms with E-state index >= 15 is 0 Å². The van der Waals surface area contributed by atoms with Crippen LogP contribution in [-0.2, 0) is 9.30 Å². The van der Waals surface area contributed by atoms with Crippen molar-refractivity contribution in [3.63, 3.8) is 0 Å². The Morgan fingerprint density at radius 2 is 2.33 bits per heavy atom. The SMILES string of the molecule is Nc1cc(SCCOC#P=O)nc(N)n1. The molecule has 0 aliphatic heterocycles. The van der Waals surface area contributed by atoms with Crippen LogP contribution in [0.25, 0.3) is 0 Å². The van der Waals surface area contributed by atoms with Gasteiger partial charge in [0.1, 0.15) is 0 Å². The maximum absolute atomic E-state index is 9.93. The van der Waals surface area contributed by atoms with Gasteiger partial charge in [0, 0.05) is 0 Å². The first-order valence-corrected chi connectivity index (χ1v) is 5.74. The Kier molecular flexibility index (Phi) is 5.21. The fourth-order valence-corrected chi connectivity index (χ4v) is 1.68. The molecule has 0 fully saturated rings. The second-order valence-corrected chi connectivity index (χ2v) is 3.85. The van der Waals surface area contributed by atoms with Gasteiger partial charge in [0.05, 0.1) is 0 Å². The molecule has 0 radical (unpaired) electrons. The molecule has 8 heteroatoms. The zero-order valence-corrected chi connectivity index (χ0v) is 9.42. The van der Waals surface area contributed by atoms with E-state index in [1.54, 1.807) is 6.07 Å². The number of hydrogen-bond acceptors (Lipinski definition) is 7. The fourth-order valence-electron chi connectivity index (χ4n) is 0.795. The summed E-state index contributed by atoms with van der Waals surface area (Å²) in [4.78, 5) is 7.70. The Morgan fingerprint density at radius 1 is 1.53 bits per heavy atom. The van der Waals surface area contributed by atoms with Gasteiger partial charge in [-0.3, -0.25) is 0 Å². The van der Waals surface area contributed by atoms with Crippen LogP contribution in [0.4, 0.5) is 11.8 Å². The van der Waals surface area contributed by atoms with Crippen LogP contribution in [-0.4, -0.2) is 22.3 Å². The predicted octanol–water partition coefficient (Wildman–Crippen LogP) is 0.958. The minimum absolute atomic E-state index is 0.148. The minimum atomic E-state index is -0.255. The topological polar surface area (TPSA) is 104 Å². The van der Waals surface area contributed by atoms with Crippen LogP contribution in [0, 0.1) is 5.81 Å². The van der Waals surface area contributed by atoms with Crippen molar-refractivity contribution < 1.29 is 9.30 Å². The molecule has 1 heterocycles. The normalized spacial score (nSPS) is 9.60. The third-order valence-corrected chi connectivity index (χ3v) is 2.36. The maximum atomic E-state index is 9.93. The molecule has 15 heavy (non-hydrogen) atoms. The molecule has 0 unspecified atom stereocenters. The first kappa shape index (κ1) is 12.1. The molecular formula is C7H9N4O2PS. The summed E-state index contributed by atoms with van der Waals surface area (Å²) in [5.74, 6) is 3.30. The first-order chi connectivity index (χ1) is 7.22. The predicted molar refractivity (Wildman–Crippen MR) is 59.0 cm³/mol. The average Bonchev–Trinajstić information content (AvgIpc) is 2.16. The molecule has 0 bridgehead atoms. The quantitative estimate of drug-likeness (QED) is 0.351. The van der Waals surface area contributed by atoms with E-state index in [1.807, 2.05) is 0 Å². The van der Waals surface area contributed by atoms with Crippen molar-refractivity contribution in [3.8, 4) is 5.81 Å². The van der Waals surface area contributed by atoms with E-state index < -0.39 is 0 Å². The molecule has 1 aromatic heterocycles. The fraction of sp³-hybridized carbons (Fsp3) is 0.286. The Bertz CT molecular complexity index is 415. The van der Waals surface area contributed by atoms with Crippen LogP contribution >= 0.6 is 19.7 Å². The molecule has 6 nitrogen and oxygen atoms in total. The molecule has 0 aliphatic carbocycles. The van der Waals surface area contributed by atoms with Gasteiger partial charge in [0.15, 0.2) is 0 Å². The van der Waals surface area contributed by atoms with Crippen LogP contribution in [0.2, 0.25) is 0 Å². The van der Waals surface area contributed by atoms with Crippen molar-refractivity contribution in [2.75, 3.05) is 23.8 Å². The van der Waals surface area contributed by atoms with E-state index in [1.165, 1.54) is 11.8 Å². The summed E-state index contributed by atoms with van der Waals surface area (Å²) in [6, 6.07) is 1.63. The summed E-state index contributed by atoms with van der Waals surface area (Å²) in [5, 5.41) is 0.684. The molecule has 1 aromatic rings. The summed E-state index contributed by atoms with van der Waals surface area (Å²) < 4.78 is 14.7. The standard InChI is InChI=1S/C7H9N4O2PS/c8-5-3-6(11-7(9)10-5)15-2-1-13-4-14-12/h3H,1-2H2,(H4,8,9,10,11). The summed E-state index contributed by atoms with van der Waals surface area (Å²) in [5.41, 5.74) is 10.9. The Hall–Kier alpha value is -1.00. The molecule has 1 rings (SSSR count). The van der Waals surface area contributed by atoms with Gasteiger partial charge >= 0.3 is 91.4 Å². The van der Waals surface area contributed by atoms with Gasteiger partial charge in [-0.25, -0.2) is 0 Å². The second-order valence-electron chi connectivity index (χ2n) is 2.37. The van der Waals surface area contributed by atoms with Crippen molar-refractivity contribution in [1.29, 1.82) is 0 Å². The van der Waals surface area contributed by atoms with Gasteiger partial charge in [-0.2, -0.15) is 0 Å². The molecule has 0 atom stereocenters. The zero-order valence-electron chi connectivity index (χ0n) is 7.71. The molecule has 0 amide bonds. The van der Waals surface area contributed by atoms with Crippen molar-refractivity contribution in [3.05, 3.63) is 6.07 Å². The molecule has 0 aliphatic rings. The Labute approximate surface area is 91.9 Å². The van der Waals surface area contributed by atoms with E-state index in [2.05, 4.69) is 15.8 Å². The molecule has 4 N–H and O–H groups in total. The third kappa shape index (κ3) is 4.85. The van der Waals surface area contributed by atoms with Gasteiger partial charge in [0.2, 0.25) is 0 Å². The Morgan fingerprint density at radius 3 is 3.00 bits per heavy atom. The van der Waals surface area contributed by atoms with Crippen LogP contribution in [0.5, 0.6) is 0 Å². The number of nitrogens with zero attached hydrogens (tertiary/aromatic N) is 2. The number of anilines is 2. The number of thioether (sulfide) groups is 1. The summed E-state index contributed by atoms with van der Waals surface area (Å²) in [6.07, 6.45) is 0. The molecule has 0 saturated heterocycles. The van der Waals surface area contributed by atoms with Gasteiger partial charge in [-0.15, -0.1) is 0 Å². The van der Waals surface area contributed by atoms with Crippen LogP contribution in [0.1, 0.15) is 0 Å². The van der Waals surface area contributed by atoms with Gasteiger partial charge < -0.3 is 0 Å². The van der Waals surface area contributed by atoms with Crippen LogP contribution in [0.15, 0.2) is 11.1 Å². The third-order valence-electron chi connectivity index (χ3n) is 1.28. The molecular weight excluding hydrogens is 235 g/mol. The van der Waals surface area contributed by atoms with Crippen LogP contribution < -0.4 is 11.5 Å². The van der Waals surface area contributed by atoms with Crippen LogP contribution in [0.3, 0.4) is 0 Å². The average molecular weight is 244 g/mol. The van der Waals surface area contributed by atoms with E-state index in [0.717, 1.165) is 0 Å².